The van der Waals surface area contributed by atoms with Crippen LogP contribution in [0.15, 0.2) is 42.5 Å². The third kappa shape index (κ3) is 4.17. The number of rotatable bonds is 6. The number of aliphatic hydroxyl groups excluding tert-OH is 1. The van der Waals surface area contributed by atoms with Crippen LogP contribution in [0, 0.1) is 0 Å². The van der Waals surface area contributed by atoms with Crippen molar-refractivity contribution >= 4 is 11.6 Å². The second-order valence-corrected chi connectivity index (χ2v) is 7.70. The van der Waals surface area contributed by atoms with Gasteiger partial charge in [-0.1, -0.05) is 18.2 Å². The monoisotopic (exact) mass is 396 g/mol. The highest BCUT2D eigenvalue weighted by Gasteiger charge is 2.34. The lowest BCUT2D eigenvalue weighted by Gasteiger charge is -2.35. The van der Waals surface area contributed by atoms with Crippen LogP contribution < -0.4 is 14.4 Å². The average Bonchev–Trinajstić information content (AvgIpc) is 3.58. The summed E-state index contributed by atoms with van der Waals surface area (Å²) in [6.45, 7) is 1.53. The van der Waals surface area contributed by atoms with E-state index in [-0.39, 0.29) is 5.91 Å². The molecule has 1 fully saturated rings. The summed E-state index contributed by atoms with van der Waals surface area (Å²) in [5.74, 6) is 1.62. The first kappa shape index (κ1) is 19.6. The number of fused-ring (bicyclic) bond motifs is 1. The highest BCUT2D eigenvalue weighted by Crippen LogP contribution is 2.35. The Hall–Kier alpha value is -2.73. The third-order valence-electron chi connectivity index (χ3n) is 5.76. The SMILES string of the molecule is COc1ccc2c(c1)CN(C1CC1)C(=O)CCN2CC(O)c1ccccc1OC. The summed E-state index contributed by atoms with van der Waals surface area (Å²) in [5, 5.41) is 10.9. The minimum atomic E-state index is -0.727. The number of nitrogens with zero attached hydrogens (tertiary/aromatic N) is 2. The van der Waals surface area contributed by atoms with Gasteiger partial charge < -0.3 is 24.4 Å². The number of para-hydroxylation sites is 1. The number of methoxy groups -OCH3 is 2. The van der Waals surface area contributed by atoms with E-state index in [0.717, 1.165) is 35.4 Å². The van der Waals surface area contributed by atoms with Gasteiger partial charge in [-0.25, -0.2) is 0 Å². The molecule has 1 N–H and O–H groups in total. The standard InChI is InChI=1S/C23H28N2O4/c1-28-18-9-10-20-16(13-18)14-25(17-7-8-17)23(27)11-12-24(20)15-21(26)19-5-3-4-6-22(19)29-2/h3-6,9-10,13,17,21,26H,7-8,11-12,14-15H2,1-2H3. The van der Waals surface area contributed by atoms with Gasteiger partial charge in [0.05, 0.1) is 14.2 Å². The van der Waals surface area contributed by atoms with Gasteiger partial charge in [-0.3, -0.25) is 4.79 Å². The Kier molecular flexibility index (Phi) is 5.62. The van der Waals surface area contributed by atoms with Crippen LogP contribution in [-0.4, -0.2) is 49.3 Å². The van der Waals surface area contributed by atoms with Crippen molar-refractivity contribution in [2.24, 2.45) is 0 Å². The van der Waals surface area contributed by atoms with Crippen molar-refractivity contribution in [1.82, 2.24) is 4.90 Å². The molecule has 0 saturated heterocycles. The molecule has 6 nitrogen and oxygen atoms in total. The van der Waals surface area contributed by atoms with Gasteiger partial charge in [0, 0.05) is 43.3 Å². The highest BCUT2D eigenvalue weighted by atomic mass is 16.5. The average molecular weight is 396 g/mol. The topological polar surface area (TPSA) is 62.2 Å². The molecule has 0 spiro atoms. The number of benzene rings is 2. The Morgan fingerprint density at radius 2 is 1.93 bits per heavy atom. The predicted molar refractivity (Wildman–Crippen MR) is 111 cm³/mol. The van der Waals surface area contributed by atoms with E-state index >= 15 is 0 Å². The van der Waals surface area contributed by atoms with E-state index < -0.39 is 6.10 Å². The van der Waals surface area contributed by atoms with Gasteiger partial charge in [-0.2, -0.15) is 0 Å². The molecule has 2 aromatic carbocycles. The fraction of sp³-hybridized carbons (Fsp3) is 0.435. The molecule has 1 aliphatic heterocycles. The first-order valence-corrected chi connectivity index (χ1v) is 10.1. The van der Waals surface area contributed by atoms with E-state index in [9.17, 15) is 9.90 Å². The van der Waals surface area contributed by atoms with Crippen LogP contribution in [0.2, 0.25) is 0 Å². The number of carbonyl (C=O) groups is 1. The summed E-state index contributed by atoms with van der Waals surface area (Å²) < 4.78 is 10.8. The molecule has 1 amide bonds. The number of hydrogen-bond donors (Lipinski definition) is 1. The summed E-state index contributed by atoms with van der Waals surface area (Å²) in [6.07, 6.45) is 1.89. The van der Waals surface area contributed by atoms with E-state index in [1.807, 2.05) is 47.4 Å². The number of amides is 1. The van der Waals surface area contributed by atoms with Crippen LogP contribution in [0.1, 0.15) is 36.5 Å². The molecule has 1 atom stereocenters. The molecule has 29 heavy (non-hydrogen) atoms. The summed E-state index contributed by atoms with van der Waals surface area (Å²) in [7, 11) is 3.26. The molecular formula is C23H28N2O4. The maximum absolute atomic E-state index is 12.8. The molecule has 154 valence electrons. The Morgan fingerprint density at radius 1 is 1.14 bits per heavy atom. The lowest BCUT2D eigenvalue weighted by atomic mass is 10.0. The predicted octanol–water partition coefficient (Wildman–Crippen LogP) is 3.14. The fourth-order valence-electron chi connectivity index (χ4n) is 4.05. The summed E-state index contributed by atoms with van der Waals surface area (Å²) in [5.41, 5.74) is 2.84. The van der Waals surface area contributed by atoms with Gasteiger partial charge in [0.1, 0.15) is 17.6 Å². The molecule has 0 aromatic heterocycles. The van der Waals surface area contributed by atoms with E-state index in [1.165, 1.54) is 0 Å². The van der Waals surface area contributed by atoms with Gasteiger partial charge in [0.2, 0.25) is 5.91 Å². The van der Waals surface area contributed by atoms with Crippen LogP contribution in [-0.2, 0) is 11.3 Å². The molecule has 0 radical (unpaired) electrons. The Labute approximate surface area is 171 Å². The van der Waals surface area contributed by atoms with Gasteiger partial charge >= 0.3 is 0 Å². The zero-order chi connectivity index (χ0) is 20.4. The van der Waals surface area contributed by atoms with Gasteiger partial charge in [0.15, 0.2) is 0 Å². The van der Waals surface area contributed by atoms with Gasteiger partial charge in [0.25, 0.3) is 0 Å². The van der Waals surface area contributed by atoms with Crippen molar-refractivity contribution in [3.8, 4) is 11.5 Å². The van der Waals surface area contributed by atoms with E-state index in [1.54, 1.807) is 14.2 Å². The summed E-state index contributed by atoms with van der Waals surface area (Å²) >= 11 is 0. The molecule has 6 heteroatoms. The smallest absolute Gasteiger partial charge is 0.224 e. The van der Waals surface area contributed by atoms with Crippen LogP contribution in [0.25, 0.3) is 0 Å². The van der Waals surface area contributed by atoms with Crippen molar-refractivity contribution in [2.45, 2.75) is 38.0 Å². The minimum absolute atomic E-state index is 0.178. The molecule has 1 heterocycles. The van der Waals surface area contributed by atoms with Crippen LogP contribution >= 0.6 is 0 Å². The zero-order valence-corrected chi connectivity index (χ0v) is 17.0. The maximum Gasteiger partial charge on any atom is 0.224 e. The Balaban J connectivity index is 1.64. The number of anilines is 1. The summed E-state index contributed by atoms with van der Waals surface area (Å²) in [4.78, 5) is 16.9. The molecular weight excluding hydrogens is 368 g/mol. The maximum atomic E-state index is 12.8. The van der Waals surface area contributed by atoms with Gasteiger partial charge in [-0.05, 0) is 42.7 Å². The molecule has 0 bridgehead atoms. The van der Waals surface area contributed by atoms with Crippen LogP contribution in [0.4, 0.5) is 5.69 Å². The number of aliphatic hydroxyl groups is 1. The van der Waals surface area contributed by atoms with Crippen molar-refractivity contribution in [3.05, 3.63) is 53.6 Å². The Bertz CT molecular complexity index is 881. The quantitative estimate of drug-likeness (QED) is 0.813. The van der Waals surface area contributed by atoms with E-state index in [0.29, 0.717) is 37.8 Å². The van der Waals surface area contributed by atoms with Crippen LogP contribution in [0.5, 0.6) is 11.5 Å². The molecule has 2 aromatic rings. The number of carbonyl (C=O) groups excluding carboxylic acids is 1. The number of hydrogen-bond acceptors (Lipinski definition) is 5. The fourth-order valence-corrected chi connectivity index (χ4v) is 4.05. The third-order valence-corrected chi connectivity index (χ3v) is 5.76. The second-order valence-electron chi connectivity index (χ2n) is 7.70. The van der Waals surface area contributed by atoms with Gasteiger partial charge in [-0.15, -0.1) is 0 Å². The van der Waals surface area contributed by atoms with Crippen LogP contribution in [0.3, 0.4) is 0 Å². The number of ether oxygens (including phenoxy) is 2. The zero-order valence-electron chi connectivity index (χ0n) is 17.0. The van der Waals surface area contributed by atoms with E-state index in [4.69, 9.17) is 9.47 Å². The van der Waals surface area contributed by atoms with Crippen molar-refractivity contribution in [2.75, 3.05) is 32.2 Å². The first-order valence-electron chi connectivity index (χ1n) is 10.1. The molecule has 1 aliphatic carbocycles. The Morgan fingerprint density at radius 3 is 2.66 bits per heavy atom. The molecule has 1 unspecified atom stereocenters. The largest absolute Gasteiger partial charge is 0.497 e. The van der Waals surface area contributed by atoms with E-state index in [2.05, 4.69) is 4.90 Å². The van der Waals surface area contributed by atoms with Crippen molar-refractivity contribution < 1.29 is 19.4 Å². The lowest BCUT2D eigenvalue weighted by molar-refractivity contribution is -0.132. The first-order chi connectivity index (χ1) is 14.1. The number of β-amino-alcohol motifs (C(OH)–C–C–N with tert-alkyl or cyclic N) is 1. The normalized spacial score (nSPS) is 18.0. The van der Waals surface area contributed by atoms with Crippen molar-refractivity contribution in [3.63, 3.8) is 0 Å². The minimum Gasteiger partial charge on any atom is -0.497 e. The van der Waals surface area contributed by atoms with Crippen molar-refractivity contribution in [1.29, 1.82) is 0 Å². The molecule has 2 aliphatic rings. The molecule has 1 saturated carbocycles. The molecule has 4 rings (SSSR count). The lowest BCUT2D eigenvalue weighted by Crippen LogP contribution is -2.40. The summed E-state index contributed by atoms with van der Waals surface area (Å²) in [6, 6.07) is 13.8. The second kappa shape index (κ2) is 8.33. The highest BCUT2D eigenvalue weighted by molar-refractivity contribution is 5.79.